The standard InChI is InChI=1S/C13H18BrFO2/c1-4-13(3,17-5-2)12(16)9-7-6-8-10(14)11(9)15/h6-8,12,16H,4-5H2,1-3H3. The van der Waals surface area contributed by atoms with Gasteiger partial charge in [0.25, 0.3) is 0 Å². The zero-order valence-corrected chi connectivity index (χ0v) is 11.9. The third-order valence-electron chi connectivity index (χ3n) is 3.03. The monoisotopic (exact) mass is 304 g/mol. The molecule has 0 amide bonds. The highest BCUT2D eigenvalue weighted by molar-refractivity contribution is 9.10. The van der Waals surface area contributed by atoms with Crippen molar-refractivity contribution in [1.29, 1.82) is 0 Å². The Labute approximate surface area is 110 Å². The van der Waals surface area contributed by atoms with Gasteiger partial charge in [0.1, 0.15) is 11.9 Å². The van der Waals surface area contributed by atoms with Gasteiger partial charge in [-0.15, -0.1) is 0 Å². The van der Waals surface area contributed by atoms with Crippen molar-refractivity contribution in [2.24, 2.45) is 0 Å². The van der Waals surface area contributed by atoms with Crippen molar-refractivity contribution < 1.29 is 14.2 Å². The average molecular weight is 305 g/mol. The molecule has 1 aromatic rings. The van der Waals surface area contributed by atoms with E-state index in [1.165, 1.54) is 0 Å². The lowest BCUT2D eigenvalue weighted by atomic mass is 9.90. The van der Waals surface area contributed by atoms with Crippen molar-refractivity contribution in [2.75, 3.05) is 6.61 Å². The van der Waals surface area contributed by atoms with Gasteiger partial charge in [-0.2, -0.15) is 0 Å². The Bertz CT molecular complexity index is 384. The van der Waals surface area contributed by atoms with Gasteiger partial charge >= 0.3 is 0 Å². The van der Waals surface area contributed by atoms with Gasteiger partial charge in [-0.05, 0) is 42.3 Å². The first-order chi connectivity index (χ1) is 7.96. The van der Waals surface area contributed by atoms with Crippen LogP contribution in [0, 0.1) is 5.82 Å². The van der Waals surface area contributed by atoms with E-state index >= 15 is 0 Å². The van der Waals surface area contributed by atoms with Gasteiger partial charge in [0.05, 0.1) is 10.1 Å². The zero-order valence-electron chi connectivity index (χ0n) is 10.3. The van der Waals surface area contributed by atoms with Gasteiger partial charge < -0.3 is 9.84 Å². The molecule has 0 saturated heterocycles. The van der Waals surface area contributed by atoms with Gasteiger partial charge in [-0.3, -0.25) is 0 Å². The fourth-order valence-corrected chi connectivity index (χ4v) is 2.15. The molecule has 0 bridgehead atoms. The summed E-state index contributed by atoms with van der Waals surface area (Å²) in [6.45, 7) is 6.05. The Balaban J connectivity index is 3.10. The van der Waals surface area contributed by atoms with Gasteiger partial charge in [-0.1, -0.05) is 19.1 Å². The van der Waals surface area contributed by atoms with E-state index < -0.39 is 17.5 Å². The molecule has 2 nitrogen and oxygen atoms in total. The lowest BCUT2D eigenvalue weighted by Crippen LogP contribution is -2.36. The van der Waals surface area contributed by atoms with Gasteiger partial charge in [0.15, 0.2) is 0 Å². The maximum Gasteiger partial charge on any atom is 0.143 e. The highest BCUT2D eigenvalue weighted by Gasteiger charge is 2.34. The molecular weight excluding hydrogens is 287 g/mol. The molecule has 17 heavy (non-hydrogen) atoms. The summed E-state index contributed by atoms with van der Waals surface area (Å²) in [5.41, 5.74) is -0.506. The minimum atomic E-state index is -0.982. The van der Waals surface area contributed by atoms with E-state index in [9.17, 15) is 9.50 Å². The Morgan fingerprint density at radius 3 is 2.65 bits per heavy atom. The van der Waals surface area contributed by atoms with Gasteiger partial charge in [0.2, 0.25) is 0 Å². The summed E-state index contributed by atoms with van der Waals surface area (Å²) in [5, 5.41) is 10.3. The first kappa shape index (κ1) is 14.6. The van der Waals surface area contributed by atoms with E-state index in [2.05, 4.69) is 15.9 Å². The summed E-state index contributed by atoms with van der Waals surface area (Å²) in [7, 11) is 0. The van der Waals surface area contributed by atoms with E-state index in [-0.39, 0.29) is 5.56 Å². The molecule has 0 aromatic heterocycles. The zero-order chi connectivity index (χ0) is 13.1. The number of hydrogen-bond donors (Lipinski definition) is 1. The highest BCUT2D eigenvalue weighted by Crippen LogP contribution is 2.35. The fraction of sp³-hybridized carbons (Fsp3) is 0.538. The second kappa shape index (κ2) is 5.94. The van der Waals surface area contributed by atoms with Crippen LogP contribution in [0.5, 0.6) is 0 Å². The van der Waals surface area contributed by atoms with Crippen LogP contribution in [-0.2, 0) is 4.74 Å². The van der Waals surface area contributed by atoms with Crippen LogP contribution in [0.25, 0.3) is 0 Å². The predicted octanol–water partition coefficient (Wildman–Crippen LogP) is 3.83. The Morgan fingerprint density at radius 1 is 1.47 bits per heavy atom. The van der Waals surface area contributed by atoms with Crippen molar-refractivity contribution in [2.45, 2.75) is 38.9 Å². The van der Waals surface area contributed by atoms with Crippen LogP contribution in [0.2, 0.25) is 0 Å². The largest absolute Gasteiger partial charge is 0.385 e. The van der Waals surface area contributed by atoms with Crippen LogP contribution >= 0.6 is 15.9 Å². The normalized spacial score (nSPS) is 16.6. The number of rotatable bonds is 5. The Morgan fingerprint density at radius 2 is 2.12 bits per heavy atom. The molecule has 0 spiro atoms. The molecule has 0 aliphatic heterocycles. The smallest absolute Gasteiger partial charge is 0.143 e. The second-order valence-electron chi connectivity index (χ2n) is 4.14. The van der Waals surface area contributed by atoms with Gasteiger partial charge in [-0.25, -0.2) is 4.39 Å². The molecule has 2 unspecified atom stereocenters. The third-order valence-corrected chi connectivity index (χ3v) is 3.64. The number of halogens is 2. The van der Waals surface area contributed by atoms with E-state index in [0.29, 0.717) is 17.5 Å². The molecule has 0 fully saturated rings. The van der Waals surface area contributed by atoms with Crippen LogP contribution in [0.4, 0.5) is 4.39 Å². The summed E-state index contributed by atoms with van der Waals surface area (Å²) < 4.78 is 19.8. The fourth-order valence-electron chi connectivity index (χ4n) is 1.76. The molecule has 96 valence electrons. The maximum absolute atomic E-state index is 13.9. The Hall–Kier alpha value is -0.450. The summed E-state index contributed by atoms with van der Waals surface area (Å²) in [6, 6.07) is 4.89. The van der Waals surface area contributed by atoms with Crippen molar-refractivity contribution in [3.63, 3.8) is 0 Å². The summed E-state index contributed by atoms with van der Waals surface area (Å²) in [6.07, 6.45) is -0.376. The number of aliphatic hydroxyl groups is 1. The average Bonchev–Trinajstić information content (AvgIpc) is 2.32. The molecular formula is C13H18BrFO2. The lowest BCUT2D eigenvalue weighted by Gasteiger charge is -2.33. The topological polar surface area (TPSA) is 29.5 Å². The lowest BCUT2D eigenvalue weighted by molar-refractivity contribution is -0.114. The Kier molecular flexibility index (Phi) is 5.10. The minimum Gasteiger partial charge on any atom is -0.385 e. The van der Waals surface area contributed by atoms with E-state index in [1.54, 1.807) is 25.1 Å². The van der Waals surface area contributed by atoms with Crippen molar-refractivity contribution >= 4 is 15.9 Å². The summed E-state index contributed by atoms with van der Waals surface area (Å²) in [5.74, 6) is -0.431. The molecule has 0 saturated carbocycles. The number of hydrogen-bond acceptors (Lipinski definition) is 2. The van der Waals surface area contributed by atoms with E-state index in [0.717, 1.165) is 0 Å². The van der Waals surface area contributed by atoms with Crippen molar-refractivity contribution in [3.8, 4) is 0 Å². The molecule has 1 rings (SSSR count). The molecule has 0 heterocycles. The molecule has 2 atom stereocenters. The van der Waals surface area contributed by atoms with Gasteiger partial charge in [0, 0.05) is 12.2 Å². The summed E-state index contributed by atoms with van der Waals surface area (Å²) >= 11 is 3.12. The SMILES string of the molecule is CCOC(C)(CC)C(O)c1cccc(Br)c1F. The molecule has 0 aliphatic rings. The molecule has 1 N–H and O–H groups in total. The first-order valence-electron chi connectivity index (χ1n) is 5.72. The highest BCUT2D eigenvalue weighted by atomic mass is 79.9. The maximum atomic E-state index is 13.9. The number of aliphatic hydroxyl groups excluding tert-OH is 1. The van der Waals surface area contributed by atoms with Crippen LogP contribution in [0.1, 0.15) is 38.9 Å². The summed E-state index contributed by atoms with van der Waals surface area (Å²) in [4.78, 5) is 0. The van der Waals surface area contributed by atoms with Crippen LogP contribution in [-0.4, -0.2) is 17.3 Å². The molecule has 0 aliphatic carbocycles. The van der Waals surface area contributed by atoms with Crippen LogP contribution in [0.3, 0.4) is 0 Å². The second-order valence-corrected chi connectivity index (χ2v) is 5.00. The van der Waals surface area contributed by atoms with Crippen molar-refractivity contribution in [3.05, 3.63) is 34.1 Å². The predicted molar refractivity (Wildman–Crippen MR) is 69.4 cm³/mol. The van der Waals surface area contributed by atoms with E-state index in [4.69, 9.17) is 4.74 Å². The van der Waals surface area contributed by atoms with Crippen LogP contribution in [0.15, 0.2) is 22.7 Å². The molecule has 4 heteroatoms. The number of benzene rings is 1. The third kappa shape index (κ3) is 3.06. The van der Waals surface area contributed by atoms with Crippen LogP contribution < -0.4 is 0 Å². The first-order valence-corrected chi connectivity index (χ1v) is 6.51. The minimum absolute atomic E-state index is 0.261. The van der Waals surface area contributed by atoms with E-state index in [1.807, 2.05) is 13.8 Å². The number of ether oxygens (including phenoxy) is 1. The van der Waals surface area contributed by atoms with Crippen molar-refractivity contribution in [1.82, 2.24) is 0 Å². The molecule has 1 aromatic carbocycles. The molecule has 0 radical (unpaired) electrons. The quantitative estimate of drug-likeness (QED) is 0.896.